The number of piperidine rings is 1. The van der Waals surface area contributed by atoms with Gasteiger partial charge in [0.1, 0.15) is 0 Å². The van der Waals surface area contributed by atoms with Crippen LogP contribution < -0.4 is 5.32 Å². The number of anilines is 1. The summed E-state index contributed by atoms with van der Waals surface area (Å²) in [5.74, 6) is -0.108. The number of amides is 1. The molecule has 1 aliphatic heterocycles. The van der Waals surface area contributed by atoms with Gasteiger partial charge in [0.25, 0.3) is 0 Å². The van der Waals surface area contributed by atoms with Crippen molar-refractivity contribution in [3.05, 3.63) is 64.2 Å². The average Bonchev–Trinajstić information content (AvgIpc) is 2.70. The minimum atomic E-state index is -4.36. The molecule has 1 N–H and O–H groups in total. The molecule has 3 rings (SSSR count). The van der Waals surface area contributed by atoms with Crippen LogP contribution in [0, 0.1) is 6.92 Å². The lowest BCUT2D eigenvalue weighted by atomic mass is 10.1. The van der Waals surface area contributed by atoms with Gasteiger partial charge in [-0.25, -0.2) is 0 Å². The molecule has 0 unspecified atom stereocenters. The van der Waals surface area contributed by atoms with Crippen molar-refractivity contribution in [2.75, 3.05) is 25.0 Å². The topological polar surface area (TPSA) is 41.6 Å². The molecule has 30 heavy (non-hydrogen) atoms. The number of nitrogens with zero attached hydrogens (tertiary/aromatic N) is 1. The summed E-state index contributed by atoms with van der Waals surface area (Å²) in [6.45, 7) is 3.64. The highest BCUT2D eigenvalue weighted by molar-refractivity contribution is 6.31. The summed E-state index contributed by atoms with van der Waals surface area (Å²) in [5.41, 5.74) is 1.36. The van der Waals surface area contributed by atoms with Crippen LogP contribution in [0.15, 0.2) is 42.5 Å². The largest absolute Gasteiger partial charge is 0.416 e. The van der Waals surface area contributed by atoms with Crippen LogP contribution in [0.5, 0.6) is 0 Å². The maximum Gasteiger partial charge on any atom is 0.416 e. The van der Waals surface area contributed by atoms with Crippen molar-refractivity contribution in [2.24, 2.45) is 0 Å². The molecule has 0 aliphatic carbocycles. The summed E-state index contributed by atoms with van der Waals surface area (Å²) in [7, 11) is 0. The standard InChI is InChI=1S/C22H24ClF3N2O2/c1-15-19(23)6-3-7-20(15)27-21(29)13-28-10-8-18(9-11-28)30-14-16-4-2-5-17(12-16)22(24,25)26/h2-7,12,18H,8-11,13-14H2,1H3,(H,27,29). The highest BCUT2D eigenvalue weighted by Crippen LogP contribution is 2.30. The van der Waals surface area contributed by atoms with Gasteiger partial charge in [-0.3, -0.25) is 9.69 Å². The van der Waals surface area contributed by atoms with E-state index in [9.17, 15) is 18.0 Å². The van der Waals surface area contributed by atoms with E-state index in [1.807, 2.05) is 17.9 Å². The number of ether oxygens (including phenoxy) is 1. The quantitative estimate of drug-likeness (QED) is 0.663. The number of hydrogen-bond acceptors (Lipinski definition) is 3. The van der Waals surface area contributed by atoms with Crippen LogP contribution in [-0.2, 0) is 22.3 Å². The number of halogens is 4. The molecule has 1 amide bonds. The van der Waals surface area contributed by atoms with Gasteiger partial charge in [0, 0.05) is 23.8 Å². The van der Waals surface area contributed by atoms with E-state index < -0.39 is 11.7 Å². The summed E-state index contributed by atoms with van der Waals surface area (Å²) in [4.78, 5) is 14.4. The first-order valence-electron chi connectivity index (χ1n) is 9.77. The van der Waals surface area contributed by atoms with Crippen molar-refractivity contribution in [2.45, 2.75) is 38.7 Å². The predicted octanol–water partition coefficient (Wildman–Crippen LogP) is 5.29. The summed E-state index contributed by atoms with van der Waals surface area (Å²) >= 11 is 6.08. The first-order valence-corrected chi connectivity index (χ1v) is 10.2. The third-order valence-corrected chi connectivity index (χ3v) is 5.59. The zero-order valence-electron chi connectivity index (χ0n) is 16.6. The van der Waals surface area contributed by atoms with Crippen molar-refractivity contribution < 1.29 is 22.7 Å². The number of likely N-dealkylation sites (tertiary alicyclic amines) is 1. The molecule has 0 atom stereocenters. The fourth-order valence-corrected chi connectivity index (χ4v) is 3.60. The first kappa shape index (κ1) is 22.6. The molecule has 1 saturated heterocycles. The Morgan fingerprint density at radius 1 is 1.20 bits per heavy atom. The highest BCUT2D eigenvalue weighted by Gasteiger charge is 2.30. The van der Waals surface area contributed by atoms with Crippen LogP contribution in [-0.4, -0.2) is 36.5 Å². The van der Waals surface area contributed by atoms with Crippen LogP contribution in [0.4, 0.5) is 18.9 Å². The smallest absolute Gasteiger partial charge is 0.373 e. The monoisotopic (exact) mass is 440 g/mol. The van der Waals surface area contributed by atoms with Crippen molar-refractivity contribution >= 4 is 23.2 Å². The molecule has 162 valence electrons. The Labute approximate surface area is 179 Å². The molecule has 1 aliphatic rings. The second-order valence-corrected chi connectivity index (χ2v) is 7.85. The highest BCUT2D eigenvalue weighted by atomic mass is 35.5. The van der Waals surface area contributed by atoms with Crippen molar-refractivity contribution in [3.63, 3.8) is 0 Å². The Morgan fingerprint density at radius 2 is 1.90 bits per heavy atom. The number of hydrogen-bond donors (Lipinski definition) is 1. The molecule has 0 aromatic heterocycles. The number of rotatable bonds is 6. The van der Waals surface area contributed by atoms with Gasteiger partial charge in [-0.15, -0.1) is 0 Å². The molecule has 2 aromatic carbocycles. The fourth-order valence-electron chi connectivity index (χ4n) is 3.42. The molecule has 1 heterocycles. The van der Waals surface area contributed by atoms with Gasteiger partial charge in [-0.1, -0.05) is 29.8 Å². The summed E-state index contributed by atoms with van der Waals surface area (Å²) in [6.07, 6.45) is -2.94. The van der Waals surface area contributed by atoms with E-state index in [4.69, 9.17) is 16.3 Å². The van der Waals surface area contributed by atoms with Crippen LogP contribution in [0.2, 0.25) is 5.02 Å². The maximum absolute atomic E-state index is 12.8. The number of carbonyl (C=O) groups is 1. The van der Waals surface area contributed by atoms with Crippen LogP contribution in [0.25, 0.3) is 0 Å². The second kappa shape index (κ2) is 9.81. The first-order chi connectivity index (χ1) is 14.2. The number of nitrogens with one attached hydrogen (secondary N) is 1. The normalized spacial score (nSPS) is 15.9. The Hall–Kier alpha value is -2.09. The van der Waals surface area contributed by atoms with E-state index in [0.717, 1.165) is 30.5 Å². The lowest BCUT2D eigenvalue weighted by molar-refractivity contribution is -0.137. The SMILES string of the molecule is Cc1c(Cl)cccc1NC(=O)CN1CCC(OCc2cccc(C(F)(F)F)c2)CC1. The third kappa shape index (κ3) is 6.20. The minimum absolute atomic E-state index is 0.0333. The Kier molecular flexibility index (Phi) is 7.39. The van der Waals surface area contributed by atoms with Gasteiger partial charge in [0.15, 0.2) is 0 Å². The molecule has 0 bridgehead atoms. The zero-order valence-corrected chi connectivity index (χ0v) is 17.4. The average molecular weight is 441 g/mol. The maximum atomic E-state index is 12.8. The summed E-state index contributed by atoms with van der Waals surface area (Å²) in [5, 5.41) is 3.49. The van der Waals surface area contributed by atoms with Crippen molar-refractivity contribution in [3.8, 4) is 0 Å². The van der Waals surface area contributed by atoms with Gasteiger partial charge in [0.05, 0.1) is 24.8 Å². The van der Waals surface area contributed by atoms with Gasteiger partial charge in [0.2, 0.25) is 5.91 Å². The minimum Gasteiger partial charge on any atom is -0.373 e. The van der Waals surface area contributed by atoms with E-state index in [1.54, 1.807) is 18.2 Å². The van der Waals surface area contributed by atoms with Gasteiger partial charge in [-0.05, 0) is 55.2 Å². The van der Waals surface area contributed by atoms with Crippen molar-refractivity contribution in [1.29, 1.82) is 0 Å². The Morgan fingerprint density at radius 3 is 2.60 bits per heavy atom. The van der Waals surface area contributed by atoms with Crippen LogP contribution in [0.3, 0.4) is 0 Å². The number of benzene rings is 2. The molecule has 0 saturated carbocycles. The van der Waals surface area contributed by atoms with Gasteiger partial charge in [-0.2, -0.15) is 13.2 Å². The molecular weight excluding hydrogens is 417 g/mol. The van der Waals surface area contributed by atoms with Crippen molar-refractivity contribution in [1.82, 2.24) is 4.90 Å². The zero-order chi connectivity index (χ0) is 21.7. The summed E-state index contributed by atoms with van der Waals surface area (Å²) < 4.78 is 44.2. The van der Waals surface area contributed by atoms with E-state index >= 15 is 0 Å². The van der Waals surface area contributed by atoms with E-state index in [2.05, 4.69) is 5.32 Å². The van der Waals surface area contributed by atoms with E-state index in [-0.39, 0.29) is 25.2 Å². The van der Waals surface area contributed by atoms with Gasteiger partial charge >= 0.3 is 6.18 Å². The number of carbonyl (C=O) groups excluding carboxylic acids is 1. The van der Waals surface area contributed by atoms with Gasteiger partial charge < -0.3 is 10.1 Å². The second-order valence-electron chi connectivity index (χ2n) is 7.45. The molecule has 0 radical (unpaired) electrons. The molecule has 2 aromatic rings. The third-order valence-electron chi connectivity index (χ3n) is 5.18. The summed E-state index contributed by atoms with van der Waals surface area (Å²) in [6, 6.07) is 10.6. The molecule has 0 spiro atoms. The predicted molar refractivity (Wildman–Crippen MR) is 111 cm³/mol. The molecule has 1 fully saturated rings. The van der Waals surface area contributed by atoms with Crippen LogP contribution in [0.1, 0.15) is 29.5 Å². The lowest BCUT2D eigenvalue weighted by Gasteiger charge is -2.31. The molecule has 8 heteroatoms. The van der Waals surface area contributed by atoms with E-state index in [0.29, 0.717) is 29.4 Å². The molecular formula is C22H24ClF3N2O2. The Bertz CT molecular complexity index is 881. The van der Waals surface area contributed by atoms with Crippen LogP contribution >= 0.6 is 11.6 Å². The van der Waals surface area contributed by atoms with E-state index in [1.165, 1.54) is 6.07 Å². The molecule has 4 nitrogen and oxygen atoms in total. The Balaban J connectivity index is 1.43. The lowest BCUT2D eigenvalue weighted by Crippen LogP contribution is -2.41. The fraction of sp³-hybridized carbons (Fsp3) is 0.409. The number of alkyl halides is 3.